The fourth-order valence-corrected chi connectivity index (χ4v) is 3.43. The van der Waals surface area contributed by atoms with Gasteiger partial charge in [0.1, 0.15) is 12.5 Å². The Hall–Kier alpha value is -1.37. The number of rotatable bonds is 6. The van der Waals surface area contributed by atoms with Gasteiger partial charge in [-0.15, -0.1) is 0 Å². The normalized spacial score (nSPS) is 20.3. The van der Waals surface area contributed by atoms with Crippen LogP contribution in [0.3, 0.4) is 0 Å². The van der Waals surface area contributed by atoms with Gasteiger partial charge in [0.15, 0.2) is 0 Å². The SMILES string of the molecule is C=C1NC(=O)N[C@@H](c2ccc(Cl)cc2Cl)[C@@H]1C(=O)OCCSCC. The maximum Gasteiger partial charge on any atom is 0.319 e. The number of ether oxygens (including phenoxy) is 1. The lowest BCUT2D eigenvalue weighted by Gasteiger charge is -2.33. The van der Waals surface area contributed by atoms with Gasteiger partial charge in [-0.25, -0.2) is 4.79 Å². The van der Waals surface area contributed by atoms with Crippen molar-refractivity contribution < 1.29 is 14.3 Å². The molecule has 2 N–H and O–H groups in total. The molecule has 0 aliphatic carbocycles. The van der Waals surface area contributed by atoms with Gasteiger partial charge in [-0.1, -0.05) is 42.8 Å². The summed E-state index contributed by atoms with van der Waals surface area (Å²) in [6, 6.07) is 3.79. The third-order valence-electron chi connectivity index (χ3n) is 3.50. The first-order valence-corrected chi connectivity index (χ1v) is 9.30. The molecule has 24 heavy (non-hydrogen) atoms. The number of amides is 2. The topological polar surface area (TPSA) is 67.4 Å². The van der Waals surface area contributed by atoms with Crippen LogP contribution < -0.4 is 10.6 Å². The lowest BCUT2D eigenvalue weighted by Crippen LogP contribution is -2.51. The molecule has 1 fully saturated rings. The van der Waals surface area contributed by atoms with Crippen LogP contribution >= 0.6 is 35.0 Å². The molecule has 1 aromatic rings. The molecule has 1 saturated heterocycles. The molecule has 5 nitrogen and oxygen atoms in total. The van der Waals surface area contributed by atoms with Crippen LogP contribution in [-0.2, 0) is 9.53 Å². The fourth-order valence-electron chi connectivity index (χ4n) is 2.41. The second-order valence-corrected chi connectivity index (χ2v) is 7.35. The predicted octanol–water partition coefficient (Wildman–Crippen LogP) is 3.77. The van der Waals surface area contributed by atoms with Crippen molar-refractivity contribution in [1.29, 1.82) is 0 Å². The molecule has 0 aromatic heterocycles. The van der Waals surface area contributed by atoms with E-state index >= 15 is 0 Å². The predicted molar refractivity (Wildman–Crippen MR) is 97.5 cm³/mol. The molecule has 1 heterocycles. The van der Waals surface area contributed by atoms with Crippen LogP contribution in [0.2, 0.25) is 10.0 Å². The zero-order valence-electron chi connectivity index (χ0n) is 13.1. The van der Waals surface area contributed by atoms with Gasteiger partial charge in [-0.3, -0.25) is 4.79 Å². The van der Waals surface area contributed by atoms with E-state index in [1.165, 1.54) is 0 Å². The quantitative estimate of drug-likeness (QED) is 0.574. The summed E-state index contributed by atoms with van der Waals surface area (Å²) < 4.78 is 5.32. The Labute approximate surface area is 155 Å². The van der Waals surface area contributed by atoms with Crippen molar-refractivity contribution in [2.45, 2.75) is 13.0 Å². The summed E-state index contributed by atoms with van der Waals surface area (Å²) >= 11 is 13.8. The van der Waals surface area contributed by atoms with E-state index in [4.69, 9.17) is 27.9 Å². The summed E-state index contributed by atoms with van der Waals surface area (Å²) in [5.74, 6) is 0.440. The number of esters is 1. The largest absolute Gasteiger partial charge is 0.464 e. The van der Waals surface area contributed by atoms with Crippen molar-refractivity contribution in [3.8, 4) is 0 Å². The maximum absolute atomic E-state index is 12.5. The summed E-state index contributed by atoms with van der Waals surface area (Å²) in [6.45, 7) is 6.12. The third kappa shape index (κ3) is 4.59. The lowest BCUT2D eigenvalue weighted by molar-refractivity contribution is -0.147. The van der Waals surface area contributed by atoms with Crippen molar-refractivity contribution in [2.75, 3.05) is 18.1 Å². The second-order valence-electron chi connectivity index (χ2n) is 5.11. The number of hydrogen-bond acceptors (Lipinski definition) is 4. The molecule has 1 aliphatic heterocycles. The number of benzene rings is 1. The summed E-state index contributed by atoms with van der Waals surface area (Å²) in [4.78, 5) is 24.3. The molecular weight excluding hydrogens is 371 g/mol. The first kappa shape index (κ1) is 19.0. The Morgan fingerprint density at radius 1 is 1.42 bits per heavy atom. The van der Waals surface area contributed by atoms with E-state index < -0.39 is 24.0 Å². The minimum atomic E-state index is -0.770. The molecule has 0 unspecified atom stereocenters. The molecule has 0 spiro atoms. The molecule has 0 bridgehead atoms. The monoisotopic (exact) mass is 388 g/mol. The molecule has 0 radical (unpaired) electrons. The number of carbonyl (C=O) groups excluding carboxylic acids is 2. The highest BCUT2D eigenvalue weighted by atomic mass is 35.5. The molecule has 130 valence electrons. The highest BCUT2D eigenvalue weighted by Gasteiger charge is 2.39. The number of halogens is 2. The molecule has 2 atom stereocenters. The Balaban J connectivity index is 2.22. The Kier molecular flexibility index (Phi) is 6.83. The summed E-state index contributed by atoms with van der Waals surface area (Å²) in [6.07, 6.45) is 0. The van der Waals surface area contributed by atoms with E-state index in [0.29, 0.717) is 28.0 Å². The molecular formula is C16H18Cl2N2O3S. The Morgan fingerprint density at radius 2 is 2.17 bits per heavy atom. The molecule has 2 amide bonds. The van der Waals surface area contributed by atoms with Crippen molar-refractivity contribution in [3.63, 3.8) is 0 Å². The van der Waals surface area contributed by atoms with E-state index in [9.17, 15) is 9.59 Å². The average Bonchev–Trinajstić information content (AvgIpc) is 2.50. The smallest absolute Gasteiger partial charge is 0.319 e. The Bertz CT molecular complexity index is 654. The molecule has 2 rings (SSSR count). The fraction of sp³-hybridized carbons (Fsp3) is 0.375. The number of thioether (sulfide) groups is 1. The zero-order valence-corrected chi connectivity index (χ0v) is 15.4. The van der Waals surface area contributed by atoms with E-state index in [1.54, 1.807) is 30.0 Å². The first-order chi connectivity index (χ1) is 11.4. The van der Waals surface area contributed by atoms with Crippen LogP contribution in [0.1, 0.15) is 18.5 Å². The average molecular weight is 389 g/mol. The van der Waals surface area contributed by atoms with Gasteiger partial charge < -0.3 is 15.4 Å². The van der Waals surface area contributed by atoms with E-state index in [0.717, 1.165) is 5.75 Å². The number of hydrogen-bond donors (Lipinski definition) is 2. The summed E-state index contributed by atoms with van der Waals surface area (Å²) in [7, 11) is 0. The van der Waals surface area contributed by atoms with Crippen LogP contribution in [0, 0.1) is 5.92 Å². The highest BCUT2D eigenvalue weighted by molar-refractivity contribution is 7.99. The van der Waals surface area contributed by atoms with Gasteiger partial charge in [-0.2, -0.15) is 11.8 Å². The summed E-state index contributed by atoms with van der Waals surface area (Å²) in [5, 5.41) is 6.07. The van der Waals surface area contributed by atoms with Crippen molar-refractivity contribution >= 4 is 47.0 Å². The van der Waals surface area contributed by atoms with Crippen LogP contribution in [0.4, 0.5) is 4.79 Å². The van der Waals surface area contributed by atoms with Gasteiger partial charge in [-0.05, 0) is 23.4 Å². The van der Waals surface area contributed by atoms with Gasteiger partial charge in [0.2, 0.25) is 0 Å². The van der Waals surface area contributed by atoms with Crippen LogP contribution in [0.15, 0.2) is 30.5 Å². The van der Waals surface area contributed by atoms with Crippen molar-refractivity contribution in [2.24, 2.45) is 5.92 Å². The number of nitrogens with one attached hydrogen (secondary N) is 2. The van der Waals surface area contributed by atoms with Gasteiger partial charge in [0, 0.05) is 21.5 Å². The molecule has 0 saturated carbocycles. The van der Waals surface area contributed by atoms with Crippen LogP contribution in [0.25, 0.3) is 0 Å². The van der Waals surface area contributed by atoms with Gasteiger partial charge >= 0.3 is 12.0 Å². The van der Waals surface area contributed by atoms with Crippen molar-refractivity contribution in [1.82, 2.24) is 10.6 Å². The van der Waals surface area contributed by atoms with Crippen LogP contribution in [0.5, 0.6) is 0 Å². The summed E-state index contributed by atoms with van der Waals surface area (Å²) in [5.41, 5.74) is 0.866. The third-order valence-corrected chi connectivity index (χ3v) is 4.92. The number of urea groups is 1. The maximum atomic E-state index is 12.5. The van der Waals surface area contributed by atoms with E-state index in [1.807, 2.05) is 6.92 Å². The first-order valence-electron chi connectivity index (χ1n) is 7.39. The Morgan fingerprint density at radius 3 is 2.83 bits per heavy atom. The lowest BCUT2D eigenvalue weighted by atomic mass is 9.89. The van der Waals surface area contributed by atoms with E-state index in [2.05, 4.69) is 17.2 Å². The molecule has 1 aromatic carbocycles. The van der Waals surface area contributed by atoms with Crippen molar-refractivity contribution in [3.05, 3.63) is 46.1 Å². The van der Waals surface area contributed by atoms with E-state index in [-0.39, 0.29) is 5.70 Å². The minimum absolute atomic E-state index is 0.280. The molecule has 1 aliphatic rings. The molecule has 8 heteroatoms. The minimum Gasteiger partial charge on any atom is -0.464 e. The number of carbonyl (C=O) groups is 2. The standard InChI is InChI=1S/C16H18Cl2N2O3S/c1-3-24-7-6-23-15(21)13-9(2)19-16(22)20-14(13)11-5-4-10(17)8-12(11)18/h4-5,8,13-14H,2-3,6-7H2,1H3,(H2,19,20,22)/t13-,14+/m1/s1. The van der Waals surface area contributed by atoms with Gasteiger partial charge in [0.05, 0.1) is 6.04 Å². The second kappa shape index (κ2) is 8.65. The van der Waals surface area contributed by atoms with Gasteiger partial charge in [0.25, 0.3) is 0 Å². The highest BCUT2D eigenvalue weighted by Crippen LogP contribution is 2.35. The zero-order chi connectivity index (χ0) is 17.7. The van der Waals surface area contributed by atoms with Crippen LogP contribution in [-0.4, -0.2) is 30.1 Å².